The summed E-state index contributed by atoms with van der Waals surface area (Å²) in [6, 6.07) is 2.76. The van der Waals surface area contributed by atoms with Crippen molar-refractivity contribution < 1.29 is 0 Å². The first-order valence-corrected chi connectivity index (χ1v) is 6.96. The smallest absolute Gasteiger partial charge is 0.104 e. The molecule has 0 fully saturated rings. The Morgan fingerprint density at radius 2 is 2.07 bits per heavy atom. The second-order valence-electron chi connectivity index (χ2n) is 4.40. The van der Waals surface area contributed by atoms with Crippen LogP contribution in [0, 0.1) is 11.3 Å². The first kappa shape index (κ1) is 14.8. The number of thioether (sulfide) groups is 1. The van der Waals surface area contributed by atoms with Gasteiger partial charge in [-0.1, -0.05) is 6.92 Å². The van der Waals surface area contributed by atoms with Crippen LogP contribution in [0.15, 0.2) is 0 Å². The molecule has 0 amide bonds. The first-order valence-electron chi connectivity index (χ1n) is 5.80. The van der Waals surface area contributed by atoms with Crippen molar-refractivity contribution in [3.8, 4) is 6.07 Å². The number of hydrogen-bond donors (Lipinski definition) is 1. The zero-order valence-electron chi connectivity index (χ0n) is 10.5. The van der Waals surface area contributed by atoms with E-state index in [0.717, 1.165) is 12.8 Å². The van der Waals surface area contributed by atoms with Crippen molar-refractivity contribution in [1.29, 1.82) is 5.26 Å². The molecule has 0 aromatic rings. The number of nitrogens with one attached hydrogen (secondary N) is 1. The zero-order chi connectivity index (χ0) is 11.7. The Kier molecular flexibility index (Phi) is 7.90. The average Bonchev–Trinajstić information content (AvgIpc) is 2.16. The highest BCUT2D eigenvalue weighted by molar-refractivity contribution is 7.99. The zero-order valence-corrected chi connectivity index (χ0v) is 11.3. The van der Waals surface area contributed by atoms with E-state index >= 15 is 0 Å². The Bertz CT molecular complexity index is 198. The van der Waals surface area contributed by atoms with Gasteiger partial charge >= 0.3 is 0 Å². The normalized spacial score (nSPS) is 14.9. The second kappa shape index (κ2) is 8.01. The molecule has 2 nitrogen and oxygen atoms in total. The predicted molar refractivity (Wildman–Crippen MR) is 69.1 cm³/mol. The van der Waals surface area contributed by atoms with E-state index in [9.17, 15) is 0 Å². The van der Waals surface area contributed by atoms with Crippen LogP contribution in [0.4, 0.5) is 0 Å². The van der Waals surface area contributed by atoms with Crippen LogP contribution >= 0.6 is 11.8 Å². The molecule has 0 aliphatic rings. The fraction of sp³-hybridized carbons (Fsp3) is 0.917. The van der Waals surface area contributed by atoms with Gasteiger partial charge in [-0.2, -0.15) is 17.0 Å². The van der Waals surface area contributed by atoms with Crippen LogP contribution in [0.3, 0.4) is 0 Å². The van der Waals surface area contributed by atoms with Gasteiger partial charge in [-0.15, -0.1) is 0 Å². The molecular formula is C12H24N2S. The molecule has 0 bridgehead atoms. The Morgan fingerprint density at radius 3 is 2.53 bits per heavy atom. The molecule has 1 N–H and O–H groups in total. The maximum absolute atomic E-state index is 9.12. The van der Waals surface area contributed by atoms with E-state index < -0.39 is 0 Å². The van der Waals surface area contributed by atoms with Gasteiger partial charge in [-0.05, 0) is 51.5 Å². The lowest BCUT2D eigenvalue weighted by Gasteiger charge is -2.25. The van der Waals surface area contributed by atoms with Crippen LogP contribution in [0.1, 0.15) is 47.0 Å². The van der Waals surface area contributed by atoms with E-state index in [1.165, 1.54) is 17.9 Å². The second-order valence-corrected chi connectivity index (χ2v) is 5.79. The van der Waals surface area contributed by atoms with Gasteiger partial charge in [0.25, 0.3) is 0 Å². The summed E-state index contributed by atoms with van der Waals surface area (Å²) < 4.78 is 0. The van der Waals surface area contributed by atoms with Crippen molar-refractivity contribution in [1.82, 2.24) is 5.32 Å². The predicted octanol–water partition coefficient (Wildman–Crippen LogP) is 3.19. The van der Waals surface area contributed by atoms with Gasteiger partial charge in [0, 0.05) is 6.04 Å². The number of rotatable bonds is 8. The molecular weight excluding hydrogens is 204 g/mol. The maximum atomic E-state index is 9.12. The van der Waals surface area contributed by atoms with Gasteiger partial charge in [0.15, 0.2) is 0 Å². The largest absolute Gasteiger partial charge is 0.297 e. The topological polar surface area (TPSA) is 35.8 Å². The highest BCUT2D eigenvalue weighted by atomic mass is 32.2. The highest BCUT2D eigenvalue weighted by Gasteiger charge is 2.23. The monoisotopic (exact) mass is 228 g/mol. The van der Waals surface area contributed by atoms with Gasteiger partial charge < -0.3 is 0 Å². The molecule has 0 spiro atoms. The van der Waals surface area contributed by atoms with E-state index in [-0.39, 0.29) is 5.54 Å². The van der Waals surface area contributed by atoms with Crippen molar-refractivity contribution >= 4 is 11.8 Å². The summed E-state index contributed by atoms with van der Waals surface area (Å²) >= 11 is 1.98. The van der Waals surface area contributed by atoms with Gasteiger partial charge in [0.1, 0.15) is 5.54 Å². The first-order chi connectivity index (χ1) is 7.04. The van der Waals surface area contributed by atoms with Gasteiger partial charge in [0.05, 0.1) is 6.07 Å². The summed E-state index contributed by atoms with van der Waals surface area (Å²) in [6.07, 6.45) is 3.30. The van der Waals surface area contributed by atoms with Crippen molar-refractivity contribution in [3.05, 3.63) is 0 Å². The highest BCUT2D eigenvalue weighted by Crippen LogP contribution is 2.15. The van der Waals surface area contributed by atoms with Gasteiger partial charge in [-0.25, -0.2) is 0 Å². The molecule has 88 valence electrons. The Labute approximate surface area is 98.8 Å². The molecule has 0 aliphatic carbocycles. The lowest BCUT2D eigenvalue weighted by atomic mass is 9.96. The molecule has 0 rings (SSSR count). The van der Waals surface area contributed by atoms with Crippen molar-refractivity contribution in [2.75, 3.05) is 11.5 Å². The van der Waals surface area contributed by atoms with E-state index in [1.54, 1.807) is 0 Å². The Balaban J connectivity index is 3.74. The molecule has 15 heavy (non-hydrogen) atoms. The van der Waals surface area contributed by atoms with E-state index in [0.29, 0.717) is 6.04 Å². The number of nitriles is 1. The summed E-state index contributed by atoms with van der Waals surface area (Å²) in [6.45, 7) is 8.36. The van der Waals surface area contributed by atoms with Crippen LogP contribution < -0.4 is 5.32 Å². The Morgan fingerprint density at radius 1 is 1.40 bits per heavy atom. The standard InChI is InChI=1S/C12H24N2S/c1-5-15-9-7-6-8-12(4,10-13)14-11(2)3/h11,14H,5-9H2,1-4H3. The molecule has 0 aromatic carbocycles. The fourth-order valence-corrected chi connectivity index (χ4v) is 2.32. The van der Waals surface area contributed by atoms with Crippen molar-refractivity contribution in [2.24, 2.45) is 0 Å². The van der Waals surface area contributed by atoms with Gasteiger partial charge in [0.2, 0.25) is 0 Å². The van der Waals surface area contributed by atoms with E-state index in [2.05, 4.69) is 32.2 Å². The average molecular weight is 228 g/mol. The molecule has 0 aromatic heterocycles. The molecule has 0 saturated heterocycles. The van der Waals surface area contributed by atoms with Crippen LogP contribution in [-0.4, -0.2) is 23.1 Å². The molecule has 0 radical (unpaired) electrons. The molecule has 0 heterocycles. The molecule has 0 aliphatic heterocycles. The van der Waals surface area contributed by atoms with Crippen LogP contribution in [0.25, 0.3) is 0 Å². The van der Waals surface area contributed by atoms with Crippen LogP contribution in [0.2, 0.25) is 0 Å². The molecule has 3 heteroatoms. The van der Waals surface area contributed by atoms with Crippen molar-refractivity contribution in [2.45, 2.75) is 58.5 Å². The third-order valence-corrected chi connectivity index (χ3v) is 3.26. The Hall–Kier alpha value is -0.200. The lowest BCUT2D eigenvalue weighted by molar-refractivity contribution is 0.373. The van der Waals surface area contributed by atoms with Crippen molar-refractivity contribution in [3.63, 3.8) is 0 Å². The van der Waals surface area contributed by atoms with Crippen LogP contribution in [-0.2, 0) is 0 Å². The summed E-state index contributed by atoms with van der Waals surface area (Å²) in [7, 11) is 0. The number of hydrogen-bond acceptors (Lipinski definition) is 3. The minimum Gasteiger partial charge on any atom is -0.297 e. The summed E-state index contributed by atoms with van der Waals surface area (Å²) in [5.41, 5.74) is -0.342. The third-order valence-electron chi connectivity index (χ3n) is 2.27. The SMILES string of the molecule is CCSCCCCC(C)(C#N)NC(C)C. The van der Waals surface area contributed by atoms with Crippen LogP contribution in [0.5, 0.6) is 0 Å². The minimum atomic E-state index is -0.342. The number of nitrogens with zero attached hydrogens (tertiary/aromatic N) is 1. The fourth-order valence-electron chi connectivity index (χ4n) is 1.62. The maximum Gasteiger partial charge on any atom is 0.104 e. The van der Waals surface area contributed by atoms with E-state index in [1.807, 2.05) is 18.7 Å². The summed E-state index contributed by atoms with van der Waals surface area (Å²) in [4.78, 5) is 0. The lowest BCUT2D eigenvalue weighted by Crippen LogP contribution is -2.44. The molecule has 1 atom stereocenters. The summed E-state index contributed by atoms with van der Waals surface area (Å²) in [5.74, 6) is 2.42. The quantitative estimate of drug-likeness (QED) is 0.648. The number of unbranched alkanes of at least 4 members (excludes halogenated alkanes) is 1. The third kappa shape index (κ3) is 7.70. The molecule has 0 saturated carbocycles. The van der Waals surface area contributed by atoms with E-state index in [4.69, 9.17) is 5.26 Å². The van der Waals surface area contributed by atoms with Gasteiger partial charge in [-0.3, -0.25) is 5.32 Å². The summed E-state index contributed by atoms with van der Waals surface area (Å²) in [5, 5.41) is 12.4. The molecule has 1 unspecified atom stereocenters. The minimum absolute atomic E-state index is 0.342.